The van der Waals surface area contributed by atoms with Gasteiger partial charge in [-0.2, -0.15) is 5.26 Å². The molecule has 0 unspecified atom stereocenters. The molecule has 0 aliphatic carbocycles. The zero-order valence-electron chi connectivity index (χ0n) is 10.7. The van der Waals surface area contributed by atoms with E-state index in [2.05, 4.69) is 11.0 Å². The van der Waals surface area contributed by atoms with Crippen LogP contribution in [0.2, 0.25) is 0 Å². The highest BCUT2D eigenvalue weighted by Gasteiger charge is 2.19. The first-order chi connectivity index (χ1) is 9.29. The molecule has 0 spiro atoms. The maximum absolute atomic E-state index is 9.82. The minimum Gasteiger partial charge on any atom is -0.391 e. The smallest absolute Gasteiger partial charge is 0.0998 e. The molecule has 3 heteroatoms. The van der Waals surface area contributed by atoms with E-state index in [0.29, 0.717) is 12.1 Å². The van der Waals surface area contributed by atoms with Crippen LogP contribution in [-0.2, 0) is 0 Å². The number of hydrogen-bond acceptors (Lipinski definition) is 3. The van der Waals surface area contributed by atoms with Crippen molar-refractivity contribution in [2.75, 3.05) is 18.0 Å². The Kier molecular flexibility index (Phi) is 3.10. The highest BCUT2D eigenvalue weighted by molar-refractivity contribution is 5.97. The van der Waals surface area contributed by atoms with Gasteiger partial charge in [0.25, 0.3) is 0 Å². The molecule has 1 fully saturated rings. The molecule has 1 aliphatic rings. The van der Waals surface area contributed by atoms with Crippen LogP contribution in [0.1, 0.15) is 18.4 Å². The molecule has 3 rings (SSSR count). The van der Waals surface area contributed by atoms with Crippen molar-refractivity contribution in [3.63, 3.8) is 0 Å². The minimum atomic E-state index is -0.247. The van der Waals surface area contributed by atoms with Gasteiger partial charge < -0.3 is 10.0 Å². The van der Waals surface area contributed by atoms with Gasteiger partial charge in [-0.3, -0.25) is 0 Å². The minimum absolute atomic E-state index is 0.247. The molecule has 1 saturated heterocycles. The predicted molar refractivity (Wildman–Crippen MR) is 76.1 cm³/mol. The second-order valence-corrected chi connectivity index (χ2v) is 5.03. The number of anilines is 1. The third-order valence-electron chi connectivity index (χ3n) is 3.76. The molecule has 0 saturated carbocycles. The molecule has 3 nitrogen and oxygen atoms in total. The third-order valence-corrected chi connectivity index (χ3v) is 3.76. The summed E-state index contributed by atoms with van der Waals surface area (Å²) in [5.74, 6) is 0. The number of hydrogen-bond donors (Lipinski definition) is 1. The normalized spacial score (nSPS) is 19.4. The van der Waals surface area contributed by atoms with Gasteiger partial charge >= 0.3 is 0 Å². The number of rotatable bonds is 1. The summed E-state index contributed by atoms with van der Waals surface area (Å²) in [4.78, 5) is 2.22. The Morgan fingerprint density at radius 2 is 1.95 bits per heavy atom. The maximum atomic E-state index is 9.82. The van der Waals surface area contributed by atoms with Crippen LogP contribution in [0, 0.1) is 11.3 Å². The average Bonchev–Trinajstić information content (AvgIpc) is 2.46. The van der Waals surface area contributed by atoms with Crippen LogP contribution in [0.25, 0.3) is 10.8 Å². The number of piperidine rings is 1. The highest BCUT2D eigenvalue weighted by Crippen LogP contribution is 2.31. The summed E-state index contributed by atoms with van der Waals surface area (Å²) in [6, 6.07) is 14.1. The molecule has 0 aromatic heterocycles. The Balaban J connectivity index is 2.12. The molecule has 19 heavy (non-hydrogen) atoms. The highest BCUT2D eigenvalue weighted by atomic mass is 16.3. The summed E-state index contributed by atoms with van der Waals surface area (Å²) >= 11 is 0. The molecule has 2 aromatic carbocycles. The number of aliphatic hydroxyl groups is 1. The molecule has 1 atom stereocenters. The van der Waals surface area contributed by atoms with Crippen molar-refractivity contribution in [2.45, 2.75) is 18.9 Å². The molecule has 2 aromatic rings. The van der Waals surface area contributed by atoms with Gasteiger partial charge in [0.2, 0.25) is 0 Å². The van der Waals surface area contributed by atoms with Gasteiger partial charge in [0, 0.05) is 29.5 Å². The number of nitrogens with zero attached hydrogens (tertiary/aromatic N) is 2. The van der Waals surface area contributed by atoms with Crippen molar-refractivity contribution in [1.29, 1.82) is 5.26 Å². The van der Waals surface area contributed by atoms with E-state index in [1.54, 1.807) is 0 Å². The van der Waals surface area contributed by atoms with Crippen molar-refractivity contribution in [3.8, 4) is 6.07 Å². The van der Waals surface area contributed by atoms with Crippen molar-refractivity contribution < 1.29 is 5.11 Å². The summed E-state index contributed by atoms with van der Waals surface area (Å²) in [6.07, 6.45) is 1.64. The fraction of sp³-hybridized carbons (Fsp3) is 0.312. The quantitative estimate of drug-likeness (QED) is 0.848. The van der Waals surface area contributed by atoms with E-state index < -0.39 is 0 Å². The lowest BCUT2D eigenvalue weighted by Gasteiger charge is -2.32. The fourth-order valence-electron chi connectivity index (χ4n) is 2.83. The Labute approximate surface area is 112 Å². The first-order valence-electron chi connectivity index (χ1n) is 6.64. The van der Waals surface area contributed by atoms with E-state index in [1.165, 1.54) is 0 Å². The van der Waals surface area contributed by atoms with Crippen molar-refractivity contribution in [1.82, 2.24) is 0 Å². The Morgan fingerprint density at radius 3 is 2.68 bits per heavy atom. The van der Waals surface area contributed by atoms with Gasteiger partial charge in [0.15, 0.2) is 0 Å². The second kappa shape index (κ2) is 4.91. The van der Waals surface area contributed by atoms with E-state index in [1.807, 2.05) is 36.4 Å². The summed E-state index contributed by atoms with van der Waals surface area (Å²) < 4.78 is 0. The Morgan fingerprint density at radius 1 is 1.16 bits per heavy atom. The molecular formula is C16H16N2O. The summed E-state index contributed by atoms with van der Waals surface area (Å²) in [5.41, 5.74) is 1.82. The van der Waals surface area contributed by atoms with Crippen LogP contribution in [0.15, 0.2) is 36.4 Å². The van der Waals surface area contributed by atoms with E-state index in [0.717, 1.165) is 35.8 Å². The van der Waals surface area contributed by atoms with E-state index in [4.69, 9.17) is 0 Å². The van der Waals surface area contributed by atoms with Gasteiger partial charge in [-0.05, 0) is 25.0 Å². The summed E-state index contributed by atoms with van der Waals surface area (Å²) in [6.45, 7) is 1.64. The Bertz CT molecular complexity index is 645. The van der Waals surface area contributed by atoms with Gasteiger partial charge in [-0.25, -0.2) is 0 Å². The number of aliphatic hydroxyl groups excluding tert-OH is 1. The SMILES string of the molecule is N#Cc1ccc(N2CCC[C@H](O)C2)c2ccccc12. The van der Waals surface area contributed by atoms with Crippen LogP contribution in [0.3, 0.4) is 0 Å². The molecule has 0 bridgehead atoms. The predicted octanol–water partition coefficient (Wildman–Crippen LogP) is 2.67. The second-order valence-electron chi connectivity index (χ2n) is 5.03. The summed E-state index contributed by atoms with van der Waals surface area (Å²) in [5, 5.41) is 21.1. The number of nitriles is 1. The summed E-state index contributed by atoms with van der Waals surface area (Å²) in [7, 11) is 0. The van der Waals surface area contributed by atoms with Crippen LogP contribution >= 0.6 is 0 Å². The van der Waals surface area contributed by atoms with Gasteiger partial charge in [0.05, 0.1) is 17.7 Å². The largest absolute Gasteiger partial charge is 0.391 e. The van der Waals surface area contributed by atoms with Crippen molar-refractivity contribution in [3.05, 3.63) is 42.0 Å². The lowest BCUT2D eigenvalue weighted by molar-refractivity contribution is 0.154. The number of β-amino-alcohol motifs (C(OH)–C–C–N with tert-alkyl or cyclic N) is 1. The van der Waals surface area contributed by atoms with Crippen LogP contribution < -0.4 is 4.90 Å². The topological polar surface area (TPSA) is 47.3 Å². The molecule has 1 heterocycles. The number of fused-ring (bicyclic) bond motifs is 1. The zero-order chi connectivity index (χ0) is 13.2. The van der Waals surface area contributed by atoms with E-state index in [9.17, 15) is 10.4 Å². The fourth-order valence-corrected chi connectivity index (χ4v) is 2.83. The first-order valence-corrected chi connectivity index (χ1v) is 6.64. The van der Waals surface area contributed by atoms with Crippen LogP contribution in [-0.4, -0.2) is 24.3 Å². The van der Waals surface area contributed by atoms with Gasteiger partial charge in [-0.1, -0.05) is 24.3 Å². The monoisotopic (exact) mass is 252 g/mol. The lowest BCUT2D eigenvalue weighted by Crippen LogP contribution is -2.38. The van der Waals surface area contributed by atoms with Crippen LogP contribution in [0.5, 0.6) is 0 Å². The molecule has 1 aliphatic heterocycles. The van der Waals surface area contributed by atoms with Crippen molar-refractivity contribution in [2.24, 2.45) is 0 Å². The molecular weight excluding hydrogens is 236 g/mol. The maximum Gasteiger partial charge on any atom is 0.0998 e. The molecule has 96 valence electrons. The third kappa shape index (κ3) is 2.16. The van der Waals surface area contributed by atoms with E-state index >= 15 is 0 Å². The molecule has 0 amide bonds. The van der Waals surface area contributed by atoms with Gasteiger partial charge in [0.1, 0.15) is 0 Å². The standard InChI is InChI=1S/C16H16N2O/c17-10-12-7-8-16(15-6-2-1-5-14(12)15)18-9-3-4-13(19)11-18/h1-2,5-8,13,19H,3-4,9,11H2/t13-/m0/s1. The first kappa shape index (κ1) is 12.0. The average molecular weight is 252 g/mol. The van der Waals surface area contributed by atoms with Gasteiger partial charge in [-0.15, -0.1) is 0 Å². The van der Waals surface area contributed by atoms with E-state index in [-0.39, 0.29) is 6.10 Å². The van der Waals surface area contributed by atoms with Crippen LogP contribution in [0.4, 0.5) is 5.69 Å². The van der Waals surface area contributed by atoms with Crippen molar-refractivity contribution >= 4 is 16.5 Å². The molecule has 0 radical (unpaired) electrons. The Hall–Kier alpha value is -2.05. The molecule has 1 N–H and O–H groups in total. The lowest BCUT2D eigenvalue weighted by atomic mass is 10.0. The number of benzene rings is 2. The zero-order valence-corrected chi connectivity index (χ0v) is 10.7.